The number of rotatable bonds is 7. The lowest BCUT2D eigenvalue weighted by atomic mass is 9.98. The van der Waals surface area contributed by atoms with E-state index < -0.39 is 0 Å². The van der Waals surface area contributed by atoms with Crippen molar-refractivity contribution in [3.8, 4) is 5.75 Å². The summed E-state index contributed by atoms with van der Waals surface area (Å²) >= 11 is 0. The van der Waals surface area contributed by atoms with Gasteiger partial charge < -0.3 is 25.2 Å². The number of nitrogens with one attached hydrogen (secondary N) is 2. The Labute approximate surface area is 185 Å². The third-order valence-electron chi connectivity index (χ3n) is 5.41. The molecule has 1 saturated heterocycles. The van der Waals surface area contributed by atoms with Gasteiger partial charge in [-0.1, -0.05) is 24.3 Å². The number of carbonyl (C=O) groups is 1. The van der Waals surface area contributed by atoms with Crippen LogP contribution in [0.5, 0.6) is 5.75 Å². The zero-order chi connectivity index (χ0) is 22.2. The third kappa shape index (κ3) is 6.46. The molecule has 1 aliphatic rings. The van der Waals surface area contributed by atoms with Crippen molar-refractivity contribution in [3.05, 3.63) is 59.7 Å². The minimum Gasteiger partial charge on any atom is -0.497 e. The summed E-state index contributed by atoms with van der Waals surface area (Å²) in [7, 11) is 7.27. The minimum atomic E-state index is -0.0208. The van der Waals surface area contributed by atoms with E-state index in [0.29, 0.717) is 19.0 Å². The van der Waals surface area contributed by atoms with E-state index in [-0.39, 0.29) is 5.91 Å². The summed E-state index contributed by atoms with van der Waals surface area (Å²) in [5, 5.41) is 6.41. The SMILES string of the molecule is CN=C(NCc1cccc(NC(=O)CN(C)C)c1)N1CCC(c2ccc(OC)cc2)C1. The van der Waals surface area contributed by atoms with Gasteiger partial charge in [0.1, 0.15) is 5.75 Å². The number of anilines is 1. The molecule has 2 aromatic carbocycles. The molecule has 1 atom stereocenters. The van der Waals surface area contributed by atoms with Crippen LogP contribution in [0.3, 0.4) is 0 Å². The molecule has 31 heavy (non-hydrogen) atoms. The molecule has 0 radical (unpaired) electrons. The summed E-state index contributed by atoms with van der Waals surface area (Å²) in [6.45, 7) is 2.91. The van der Waals surface area contributed by atoms with E-state index in [1.165, 1.54) is 5.56 Å². The van der Waals surface area contributed by atoms with Gasteiger partial charge in [0.25, 0.3) is 0 Å². The lowest BCUT2D eigenvalue weighted by molar-refractivity contribution is -0.116. The average molecular weight is 424 g/mol. The second-order valence-corrected chi connectivity index (χ2v) is 8.09. The Hall–Kier alpha value is -3.06. The molecule has 0 bridgehead atoms. The fourth-order valence-electron chi connectivity index (χ4n) is 3.86. The van der Waals surface area contributed by atoms with Gasteiger partial charge >= 0.3 is 0 Å². The van der Waals surface area contributed by atoms with Crippen molar-refractivity contribution in [1.82, 2.24) is 15.1 Å². The molecule has 2 N–H and O–H groups in total. The van der Waals surface area contributed by atoms with Gasteiger partial charge in [0.2, 0.25) is 5.91 Å². The van der Waals surface area contributed by atoms with Crippen LogP contribution in [0.4, 0.5) is 5.69 Å². The second kappa shape index (κ2) is 10.8. The zero-order valence-electron chi connectivity index (χ0n) is 18.9. The Morgan fingerprint density at radius 3 is 2.68 bits per heavy atom. The molecule has 7 heteroatoms. The van der Waals surface area contributed by atoms with Crippen LogP contribution in [-0.4, -0.2) is 69.6 Å². The van der Waals surface area contributed by atoms with Gasteiger partial charge in [0.15, 0.2) is 5.96 Å². The van der Waals surface area contributed by atoms with Gasteiger partial charge in [-0.25, -0.2) is 0 Å². The maximum Gasteiger partial charge on any atom is 0.238 e. The highest BCUT2D eigenvalue weighted by Gasteiger charge is 2.26. The van der Waals surface area contributed by atoms with Crippen LogP contribution in [0.25, 0.3) is 0 Å². The number of aliphatic imine (C=N–C) groups is 1. The Bertz CT molecular complexity index is 895. The molecule has 1 heterocycles. The summed E-state index contributed by atoms with van der Waals surface area (Å²) in [5.41, 5.74) is 3.23. The Balaban J connectivity index is 1.55. The van der Waals surface area contributed by atoms with Crippen molar-refractivity contribution in [2.45, 2.75) is 18.9 Å². The van der Waals surface area contributed by atoms with Gasteiger partial charge in [-0.05, 0) is 55.9 Å². The van der Waals surface area contributed by atoms with Crippen LogP contribution < -0.4 is 15.4 Å². The van der Waals surface area contributed by atoms with Crippen molar-refractivity contribution in [3.63, 3.8) is 0 Å². The first-order chi connectivity index (χ1) is 15.0. The van der Waals surface area contributed by atoms with Crippen molar-refractivity contribution >= 4 is 17.6 Å². The molecule has 1 amide bonds. The topological polar surface area (TPSA) is 69.2 Å². The first-order valence-corrected chi connectivity index (χ1v) is 10.6. The first kappa shape index (κ1) is 22.6. The van der Waals surface area contributed by atoms with Crippen molar-refractivity contribution in [1.29, 1.82) is 0 Å². The highest BCUT2D eigenvalue weighted by Crippen LogP contribution is 2.28. The van der Waals surface area contributed by atoms with E-state index in [0.717, 1.165) is 42.5 Å². The first-order valence-electron chi connectivity index (χ1n) is 10.6. The molecule has 1 fully saturated rings. The maximum atomic E-state index is 12.0. The van der Waals surface area contributed by atoms with Crippen LogP contribution in [0.2, 0.25) is 0 Å². The summed E-state index contributed by atoms with van der Waals surface area (Å²) in [6, 6.07) is 16.3. The lowest BCUT2D eigenvalue weighted by Crippen LogP contribution is -2.39. The molecule has 2 aromatic rings. The van der Waals surface area contributed by atoms with Gasteiger partial charge in [0.05, 0.1) is 13.7 Å². The number of amides is 1. The molecular formula is C24H33N5O2. The molecule has 1 unspecified atom stereocenters. The van der Waals surface area contributed by atoms with Crippen LogP contribution in [0.15, 0.2) is 53.5 Å². The quantitative estimate of drug-likeness (QED) is 0.529. The predicted octanol–water partition coefficient (Wildman–Crippen LogP) is 2.76. The van der Waals surface area contributed by atoms with Crippen molar-refractivity contribution < 1.29 is 9.53 Å². The van der Waals surface area contributed by atoms with E-state index in [1.54, 1.807) is 7.11 Å². The number of guanidine groups is 1. The number of hydrogen-bond acceptors (Lipinski definition) is 4. The third-order valence-corrected chi connectivity index (χ3v) is 5.41. The average Bonchev–Trinajstić information content (AvgIpc) is 3.24. The fraction of sp³-hybridized carbons (Fsp3) is 0.417. The van der Waals surface area contributed by atoms with Gasteiger partial charge in [-0.2, -0.15) is 0 Å². The van der Waals surface area contributed by atoms with Crippen LogP contribution in [-0.2, 0) is 11.3 Å². The highest BCUT2D eigenvalue weighted by atomic mass is 16.5. The van der Waals surface area contributed by atoms with E-state index in [9.17, 15) is 4.79 Å². The Morgan fingerprint density at radius 1 is 1.23 bits per heavy atom. The molecule has 7 nitrogen and oxygen atoms in total. The summed E-state index contributed by atoms with van der Waals surface area (Å²) in [6.07, 6.45) is 1.10. The molecule has 0 saturated carbocycles. The van der Waals surface area contributed by atoms with Gasteiger partial charge in [0, 0.05) is 38.3 Å². The van der Waals surface area contributed by atoms with E-state index in [4.69, 9.17) is 4.74 Å². The van der Waals surface area contributed by atoms with Crippen molar-refractivity contribution in [2.75, 3.05) is 53.2 Å². The number of likely N-dealkylation sites (N-methyl/N-ethyl adjacent to an activating group) is 1. The summed E-state index contributed by atoms with van der Waals surface area (Å²) < 4.78 is 5.26. The molecule has 166 valence electrons. The number of hydrogen-bond donors (Lipinski definition) is 2. The standard InChI is InChI=1S/C24H33N5O2/c1-25-24(29-13-12-20(16-29)19-8-10-22(31-4)11-9-19)26-15-18-6-5-7-21(14-18)27-23(30)17-28(2)3/h5-11,14,20H,12-13,15-17H2,1-4H3,(H,25,26)(H,27,30). The Morgan fingerprint density at radius 2 is 2.00 bits per heavy atom. The zero-order valence-corrected chi connectivity index (χ0v) is 18.9. The number of carbonyl (C=O) groups excluding carboxylic acids is 1. The minimum absolute atomic E-state index is 0.0208. The molecule has 0 spiro atoms. The van der Waals surface area contributed by atoms with Crippen LogP contribution in [0, 0.1) is 0 Å². The monoisotopic (exact) mass is 423 g/mol. The molecule has 1 aliphatic heterocycles. The van der Waals surface area contributed by atoms with E-state index in [1.807, 2.05) is 62.4 Å². The molecule has 0 aromatic heterocycles. The van der Waals surface area contributed by atoms with Crippen LogP contribution in [0.1, 0.15) is 23.5 Å². The highest BCUT2D eigenvalue weighted by molar-refractivity contribution is 5.92. The largest absolute Gasteiger partial charge is 0.497 e. The van der Waals surface area contributed by atoms with Gasteiger partial charge in [-0.15, -0.1) is 0 Å². The number of benzene rings is 2. The molecule has 3 rings (SSSR count). The van der Waals surface area contributed by atoms with E-state index in [2.05, 4.69) is 32.7 Å². The fourth-order valence-corrected chi connectivity index (χ4v) is 3.86. The predicted molar refractivity (Wildman–Crippen MR) is 126 cm³/mol. The molecular weight excluding hydrogens is 390 g/mol. The van der Waals surface area contributed by atoms with Gasteiger partial charge in [-0.3, -0.25) is 9.79 Å². The number of likely N-dealkylation sites (tertiary alicyclic amines) is 1. The maximum absolute atomic E-state index is 12.0. The van der Waals surface area contributed by atoms with Crippen molar-refractivity contribution in [2.24, 2.45) is 4.99 Å². The number of methoxy groups -OCH3 is 1. The summed E-state index contributed by atoms with van der Waals surface area (Å²) in [5.74, 6) is 2.25. The number of nitrogens with zero attached hydrogens (tertiary/aromatic N) is 3. The van der Waals surface area contributed by atoms with E-state index >= 15 is 0 Å². The molecule has 0 aliphatic carbocycles. The summed E-state index contributed by atoms with van der Waals surface area (Å²) in [4.78, 5) is 20.6. The second-order valence-electron chi connectivity index (χ2n) is 8.09. The van der Waals surface area contributed by atoms with Crippen LogP contribution >= 0.6 is 0 Å². The smallest absolute Gasteiger partial charge is 0.238 e. The lowest BCUT2D eigenvalue weighted by Gasteiger charge is -2.22. The normalized spacial score (nSPS) is 16.5. The Kier molecular flexibility index (Phi) is 7.89. The number of ether oxygens (including phenoxy) is 1.